The third-order valence-corrected chi connectivity index (χ3v) is 2.14. The van der Waals surface area contributed by atoms with Gasteiger partial charge < -0.3 is 4.74 Å². The van der Waals surface area contributed by atoms with Crippen LogP contribution in [-0.4, -0.2) is 21.4 Å². The fourth-order valence-corrected chi connectivity index (χ4v) is 1.40. The van der Waals surface area contributed by atoms with E-state index in [-0.39, 0.29) is 10.9 Å². The van der Waals surface area contributed by atoms with Gasteiger partial charge in [0.15, 0.2) is 10.9 Å². The van der Waals surface area contributed by atoms with E-state index >= 15 is 0 Å². The Kier molecular flexibility index (Phi) is 2.44. The zero-order chi connectivity index (χ0) is 11.0. The molecule has 0 aliphatic rings. The summed E-state index contributed by atoms with van der Waals surface area (Å²) in [6.45, 7) is -2.92. The molecule has 0 unspecified atom stereocenters. The highest BCUT2D eigenvalue weighted by Crippen LogP contribution is 2.27. The molecule has 7 heteroatoms. The molecule has 0 aliphatic carbocycles. The van der Waals surface area contributed by atoms with E-state index in [9.17, 15) is 8.78 Å². The van der Waals surface area contributed by atoms with Gasteiger partial charge in [-0.25, -0.2) is 4.98 Å². The summed E-state index contributed by atoms with van der Waals surface area (Å²) in [5.41, 5.74) is 1.11. The Hall–Kier alpha value is -1.43. The van der Waals surface area contributed by atoms with Crippen LogP contribution in [0, 0.1) is 0 Å². The molecule has 0 saturated carbocycles. The van der Waals surface area contributed by atoms with Gasteiger partial charge in [0.1, 0.15) is 5.52 Å². The summed E-state index contributed by atoms with van der Waals surface area (Å²) in [5, 5.41) is 3.81. The van der Waals surface area contributed by atoms with E-state index in [0.29, 0.717) is 11.0 Å². The third kappa shape index (κ3) is 1.85. The van der Waals surface area contributed by atoms with E-state index in [1.165, 1.54) is 16.9 Å². The maximum atomic E-state index is 12.0. The molecule has 0 fully saturated rings. The van der Waals surface area contributed by atoms with E-state index in [1.54, 1.807) is 7.05 Å². The molecular formula is C8H6ClF2N3O. The minimum atomic E-state index is -2.92. The van der Waals surface area contributed by atoms with Gasteiger partial charge in [0.2, 0.25) is 0 Å². The number of nitrogens with zero attached hydrogens (tertiary/aromatic N) is 3. The minimum Gasteiger partial charge on any atom is -0.431 e. The largest absolute Gasteiger partial charge is 0.431 e. The first-order valence-electron chi connectivity index (χ1n) is 4.01. The lowest BCUT2D eigenvalue weighted by Gasteiger charge is -2.05. The van der Waals surface area contributed by atoms with Crippen molar-refractivity contribution in [1.82, 2.24) is 14.8 Å². The smallest absolute Gasteiger partial charge is 0.387 e. The number of pyridine rings is 1. The number of aryl methyl sites for hydroxylation is 1. The Balaban J connectivity index is 2.54. The highest BCUT2D eigenvalue weighted by atomic mass is 35.5. The SMILES string of the molecule is Cn1ncc2nc(Cl)c(OC(F)F)cc21. The van der Waals surface area contributed by atoms with E-state index in [0.717, 1.165) is 0 Å². The van der Waals surface area contributed by atoms with Crippen molar-refractivity contribution in [2.45, 2.75) is 6.61 Å². The lowest BCUT2D eigenvalue weighted by molar-refractivity contribution is -0.0499. The first-order valence-corrected chi connectivity index (χ1v) is 4.39. The molecule has 0 aromatic carbocycles. The van der Waals surface area contributed by atoms with Gasteiger partial charge >= 0.3 is 6.61 Å². The monoisotopic (exact) mass is 233 g/mol. The van der Waals surface area contributed by atoms with Crippen molar-refractivity contribution in [2.75, 3.05) is 0 Å². The number of hydrogen-bond acceptors (Lipinski definition) is 3. The normalized spacial score (nSPS) is 11.3. The molecular weight excluding hydrogens is 228 g/mol. The lowest BCUT2D eigenvalue weighted by atomic mass is 10.4. The second-order valence-corrected chi connectivity index (χ2v) is 3.19. The molecule has 15 heavy (non-hydrogen) atoms. The maximum Gasteiger partial charge on any atom is 0.387 e. The second-order valence-electron chi connectivity index (χ2n) is 2.83. The second kappa shape index (κ2) is 3.62. The quantitative estimate of drug-likeness (QED) is 0.747. The summed E-state index contributed by atoms with van der Waals surface area (Å²) in [6, 6.07) is 1.38. The molecule has 2 aromatic rings. The van der Waals surface area contributed by atoms with Gasteiger partial charge in [0, 0.05) is 13.1 Å². The van der Waals surface area contributed by atoms with Crippen LogP contribution in [0.1, 0.15) is 0 Å². The minimum absolute atomic E-state index is 0.101. The van der Waals surface area contributed by atoms with Crippen LogP contribution in [0.3, 0.4) is 0 Å². The Bertz CT molecular complexity index is 500. The lowest BCUT2D eigenvalue weighted by Crippen LogP contribution is -2.03. The Morgan fingerprint density at radius 1 is 1.53 bits per heavy atom. The molecule has 0 amide bonds. The highest BCUT2D eigenvalue weighted by Gasteiger charge is 2.12. The number of ether oxygens (including phenoxy) is 1. The predicted molar refractivity (Wildman–Crippen MR) is 50.2 cm³/mol. The summed E-state index contributed by atoms with van der Waals surface area (Å²) in [6.07, 6.45) is 1.49. The molecule has 0 radical (unpaired) electrons. The topological polar surface area (TPSA) is 39.9 Å². The number of rotatable bonds is 2. The van der Waals surface area contributed by atoms with Crippen molar-refractivity contribution < 1.29 is 13.5 Å². The maximum absolute atomic E-state index is 12.0. The highest BCUT2D eigenvalue weighted by molar-refractivity contribution is 6.31. The molecule has 2 heterocycles. The van der Waals surface area contributed by atoms with Crippen LogP contribution >= 0.6 is 11.6 Å². The van der Waals surface area contributed by atoms with Crippen LogP contribution in [0.4, 0.5) is 8.78 Å². The van der Waals surface area contributed by atoms with E-state index in [2.05, 4.69) is 14.8 Å². The predicted octanol–water partition coefficient (Wildman–Crippen LogP) is 2.22. The van der Waals surface area contributed by atoms with Crippen molar-refractivity contribution in [3.63, 3.8) is 0 Å². The van der Waals surface area contributed by atoms with Gasteiger partial charge in [-0.1, -0.05) is 11.6 Å². The average molecular weight is 234 g/mol. The molecule has 2 aromatic heterocycles. The van der Waals surface area contributed by atoms with Crippen LogP contribution in [-0.2, 0) is 7.05 Å². The first-order chi connectivity index (χ1) is 7.08. The Morgan fingerprint density at radius 3 is 2.93 bits per heavy atom. The average Bonchev–Trinajstić information content (AvgIpc) is 2.48. The molecule has 4 nitrogen and oxygen atoms in total. The number of fused-ring (bicyclic) bond motifs is 1. The molecule has 2 rings (SSSR count). The van der Waals surface area contributed by atoms with Crippen molar-refractivity contribution in [1.29, 1.82) is 0 Å². The Morgan fingerprint density at radius 2 is 2.27 bits per heavy atom. The van der Waals surface area contributed by atoms with Gasteiger partial charge in [0.25, 0.3) is 0 Å². The van der Waals surface area contributed by atoms with Crippen LogP contribution in [0.5, 0.6) is 5.75 Å². The molecule has 0 spiro atoms. The first kappa shape index (κ1) is 10.1. The summed E-state index contributed by atoms with van der Waals surface area (Å²) < 4.78 is 29.7. The molecule has 0 saturated heterocycles. The summed E-state index contributed by atoms with van der Waals surface area (Å²) in [7, 11) is 1.67. The zero-order valence-corrected chi connectivity index (χ0v) is 8.37. The number of alkyl halides is 2. The van der Waals surface area contributed by atoms with Crippen molar-refractivity contribution in [3.05, 3.63) is 17.4 Å². The van der Waals surface area contributed by atoms with Crippen molar-refractivity contribution in [2.24, 2.45) is 7.05 Å². The van der Waals surface area contributed by atoms with E-state index in [4.69, 9.17) is 11.6 Å². The third-order valence-electron chi connectivity index (χ3n) is 1.87. The zero-order valence-electron chi connectivity index (χ0n) is 7.62. The van der Waals surface area contributed by atoms with Crippen LogP contribution < -0.4 is 4.74 Å². The number of aromatic nitrogens is 3. The standard InChI is InChI=1S/C8H6ClF2N3O/c1-14-5-2-6(15-8(10)11)7(9)13-4(5)3-12-14/h2-3,8H,1H3. The molecule has 0 bridgehead atoms. The fraction of sp³-hybridized carbons (Fsp3) is 0.250. The summed E-state index contributed by atoms with van der Waals surface area (Å²) >= 11 is 5.65. The summed E-state index contributed by atoms with van der Waals surface area (Å²) in [5.74, 6) is -0.150. The van der Waals surface area contributed by atoms with Gasteiger partial charge in [-0.05, 0) is 0 Å². The summed E-state index contributed by atoms with van der Waals surface area (Å²) in [4.78, 5) is 3.87. The van der Waals surface area contributed by atoms with E-state index < -0.39 is 6.61 Å². The van der Waals surface area contributed by atoms with Gasteiger partial charge in [-0.3, -0.25) is 4.68 Å². The van der Waals surface area contributed by atoms with Crippen LogP contribution in [0.25, 0.3) is 11.0 Å². The van der Waals surface area contributed by atoms with Crippen LogP contribution in [0.15, 0.2) is 12.3 Å². The number of hydrogen-bond donors (Lipinski definition) is 0. The molecule has 0 atom stereocenters. The Labute approximate surface area is 88.4 Å². The molecule has 0 N–H and O–H groups in total. The van der Waals surface area contributed by atoms with E-state index in [1.807, 2.05) is 0 Å². The molecule has 0 aliphatic heterocycles. The van der Waals surface area contributed by atoms with Crippen molar-refractivity contribution in [3.8, 4) is 5.75 Å². The van der Waals surface area contributed by atoms with Gasteiger partial charge in [-0.2, -0.15) is 13.9 Å². The van der Waals surface area contributed by atoms with Crippen molar-refractivity contribution >= 4 is 22.6 Å². The number of halogens is 3. The van der Waals surface area contributed by atoms with Crippen LogP contribution in [0.2, 0.25) is 5.15 Å². The van der Waals surface area contributed by atoms with Gasteiger partial charge in [-0.15, -0.1) is 0 Å². The fourth-order valence-electron chi connectivity index (χ4n) is 1.21. The molecule has 80 valence electrons. The van der Waals surface area contributed by atoms with Gasteiger partial charge in [0.05, 0.1) is 11.7 Å².